The first-order valence-corrected chi connectivity index (χ1v) is 11.3. The second-order valence-electron chi connectivity index (χ2n) is 7.27. The molecule has 156 valence electrons. The second-order valence-corrected chi connectivity index (χ2v) is 9.21. The molecule has 0 saturated carbocycles. The summed E-state index contributed by atoms with van der Waals surface area (Å²) in [7, 11) is -2.09. The van der Waals surface area contributed by atoms with Crippen LogP contribution in [0.2, 0.25) is 0 Å². The van der Waals surface area contributed by atoms with Gasteiger partial charge in [-0.2, -0.15) is 4.31 Å². The van der Waals surface area contributed by atoms with Crippen molar-refractivity contribution in [1.82, 2.24) is 4.31 Å². The Morgan fingerprint density at radius 3 is 2.50 bits per heavy atom. The van der Waals surface area contributed by atoms with E-state index in [0.29, 0.717) is 44.3 Å². The number of benzene rings is 1. The number of methoxy groups -OCH3 is 1. The van der Waals surface area contributed by atoms with E-state index in [0.717, 1.165) is 43.7 Å². The van der Waals surface area contributed by atoms with E-state index < -0.39 is 10.0 Å². The van der Waals surface area contributed by atoms with E-state index in [9.17, 15) is 13.2 Å². The molecular weight excluding hydrogens is 382 g/mol. The van der Waals surface area contributed by atoms with Crippen LogP contribution in [0.25, 0.3) is 0 Å². The highest BCUT2D eigenvalue weighted by molar-refractivity contribution is 7.89. The number of rotatable bonds is 6. The molecule has 0 bridgehead atoms. The molecule has 0 aliphatic carbocycles. The number of morpholine rings is 1. The number of carbonyl (C=O) groups excluding carboxylic acids is 1. The van der Waals surface area contributed by atoms with Crippen LogP contribution in [0.4, 0.5) is 5.69 Å². The normalized spacial score (nSPS) is 19.8. The van der Waals surface area contributed by atoms with Crippen molar-refractivity contribution in [3.8, 4) is 5.75 Å². The van der Waals surface area contributed by atoms with E-state index in [2.05, 4.69) is 5.32 Å². The highest BCUT2D eigenvalue weighted by Crippen LogP contribution is 2.29. The number of quaternary nitrogens is 1. The van der Waals surface area contributed by atoms with Crippen molar-refractivity contribution in [2.75, 3.05) is 58.4 Å². The number of hydrogen-bond acceptors (Lipinski definition) is 5. The zero-order valence-electron chi connectivity index (χ0n) is 16.4. The van der Waals surface area contributed by atoms with E-state index in [-0.39, 0.29) is 10.8 Å². The highest BCUT2D eigenvalue weighted by Gasteiger charge is 2.26. The molecule has 28 heavy (non-hydrogen) atoms. The van der Waals surface area contributed by atoms with Gasteiger partial charge in [0.15, 0.2) is 6.54 Å². The standard InChI is InChI=1S/C19H29N3O5S/c1-26-18-7-6-16(28(24,25)22-8-4-2-3-5-9-22)14-17(18)20-19(23)15-21-10-12-27-13-11-21/h6-7,14H,2-5,8-13,15H2,1H3,(H,20,23)/p+1. The zero-order valence-corrected chi connectivity index (χ0v) is 17.2. The number of nitrogens with one attached hydrogen (secondary N) is 2. The molecule has 2 aliphatic heterocycles. The highest BCUT2D eigenvalue weighted by atomic mass is 32.2. The quantitative estimate of drug-likeness (QED) is 0.693. The Morgan fingerprint density at radius 1 is 1.18 bits per heavy atom. The maximum Gasteiger partial charge on any atom is 0.279 e. The van der Waals surface area contributed by atoms with Gasteiger partial charge in [0.25, 0.3) is 5.91 Å². The number of amides is 1. The van der Waals surface area contributed by atoms with Gasteiger partial charge in [0.05, 0.1) is 30.9 Å². The molecule has 0 unspecified atom stereocenters. The first-order valence-electron chi connectivity index (χ1n) is 9.90. The van der Waals surface area contributed by atoms with Crippen LogP contribution < -0.4 is 15.0 Å². The summed E-state index contributed by atoms with van der Waals surface area (Å²) in [6, 6.07) is 4.65. The first kappa shape index (κ1) is 21.0. The minimum atomic E-state index is -3.59. The summed E-state index contributed by atoms with van der Waals surface area (Å²) < 4.78 is 38.3. The average Bonchev–Trinajstić information content (AvgIpc) is 2.98. The van der Waals surface area contributed by atoms with E-state index in [1.54, 1.807) is 16.4 Å². The van der Waals surface area contributed by atoms with Gasteiger partial charge in [-0.05, 0) is 31.0 Å². The van der Waals surface area contributed by atoms with Crippen LogP contribution in [-0.4, -0.2) is 71.7 Å². The van der Waals surface area contributed by atoms with Crippen LogP contribution in [0.1, 0.15) is 25.7 Å². The van der Waals surface area contributed by atoms with Gasteiger partial charge < -0.3 is 19.7 Å². The molecular formula is C19H30N3O5S+. The molecule has 1 aromatic rings. The molecule has 0 aromatic heterocycles. The van der Waals surface area contributed by atoms with Crippen molar-refractivity contribution in [2.24, 2.45) is 0 Å². The van der Waals surface area contributed by atoms with Crippen LogP contribution >= 0.6 is 0 Å². The molecule has 9 heteroatoms. The first-order chi connectivity index (χ1) is 13.5. The minimum Gasteiger partial charge on any atom is -0.495 e. The lowest BCUT2D eigenvalue weighted by atomic mass is 10.2. The molecule has 2 aliphatic rings. The van der Waals surface area contributed by atoms with Gasteiger partial charge >= 0.3 is 0 Å². The van der Waals surface area contributed by atoms with Gasteiger partial charge in [-0.15, -0.1) is 0 Å². The maximum absolute atomic E-state index is 13.0. The Hall–Kier alpha value is -1.68. The maximum atomic E-state index is 13.0. The molecule has 2 N–H and O–H groups in total. The summed E-state index contributed by atoms with van der Waals surface area (Å²) in [5.74, 6) is 0.277. The third-order valence-electron chi connectivity index (χ3n) is 5.26. The van der Waals surface area contributed by atoms with Crippen LogP contribution in [0, 0.1) is 0 Å². The molecule has 0 spiro atoms. The average molecular weight is 413 g/mol. The Kier molecular flexibility index (Phi) is 7.28. The number of carbonyl (C=O) groups is 1. The van der Waals surface area contributed by atoms with Crippen molar-refractivity contribution in [3.63, 3.8) is 0 Å². The monoisotopic (exact) mass is 412 g/mol. The van der Waals surface area contributed by atoms with Gasteiger partial charge in [0, 0.05) is 13.1 Å². The summed E-state index contributed by atoms with van der Waals surface area (Å²) in [5, 5.41) is 2.83. The predicted octanol–water partition coefficient (Wildman–Crippen LogP) is 0.114. The van der Waals surface area contributed by atoms with E-state index in [1.807, 2.05) is 0 Å². The Balaban J connectivity index is 1.76. The van der Waals surface area contributed by atoms with E-state index in [4.69, 9.17) is 9.47 Å². The lowest BCUT2D eigenvalue weighted by molar-refractivity contribution is -0.899. The van der Waals surface area contributed by atoms with Crippen molar-refractivity contribution >= 4 is 21.6 Å². The number of sulfonamides is 1. The fourth-order valence-electron chi connectivity index (χ4n) is 3.63. The topological polar surface area (TPSA) is 89.4 Å². The number of nitrogens with zero attached hydrogens (tertiary/aromatic N) is 1. The molecule has 1 aromatic carbocycles. The van der Waals surface area contributed by atoms with Crippen LogP contribution in [-0.2, 0) is 19.6 Å². The number of hydrogen-bond donors (Lipinski definition) is 2. The molecule has 2 heterocycles. The third-order valence-corrected chi connectivity index (χ3v) is 7.15. The number of anilines is 1. The van der Waals surface area contributed by atoms with E-state index in [1.165, 1.54) is 13.2 Å². The van der Waals surface area contributed by atoms with Crippen molar-refractivity contribution in [2.45, 2.75) is 30.6 Å². The summed E-state index contributed by atoms with van der Waals surface area (Å²) in [6.45, 7) is 4.26. The minimum absolute atomic E-state index is 0.167. The second kappa shape index (κ2) is 9.69. The van der Waals surface area contributed by atoms with Gasteiger partial charge in [0.2, 0.25) is 10.0 Å². The lowest BCUT2D eigenvalue weighted by Gasteiger charge is -2.23. The van der Waals surface area contributed by atoms with Crippen LogP contribution in [0.15, 0.2) is 23.1 Å². The molecule has 2 fully saturated rings. The van der Waals surface area contributed by atoms with Gasteiger partial charge in [-0.25, -0.2) is 8.42 Å². The third kappa shape index (κ3) is 5.22. The fraction of sp³-hybridized carbons (Fsp3) is 0.632. The Bertz CT molecular complexity index is 770. The van der Waals surface area contributed by atoms with Crippen molar-refractivity contribution in [1.29, 1.82) is 0 Å². The largest absolute Gasteiger partial charge is 0.495 e. The van der Waals surface area contributed by atoms with Crippen molar-refractivity contribution in [3.05, 3.63) is 18.2 Å². The number of ether oxygens (including phenoxy) is 2. The fourth-order valence-corrected chi connectivity index (χ4v) is 5.18. The SMILES string of the molecule is COc1ccc(S(=O)(=O)N2CCCCCC2)cc1NC(=O)C[NH+]1CCOCC1. The summed E-state index contributed by atoms with van der Waals surface area (Å²) in [6.07, 6.45) is 3.86. The van der Waals surface area contributed by atoms with Gasteiger partial charge in [-0.3, -0.25) is 4.79 Å². The summed E-state index contributed by atoms with van der Waals surface area (Å²) >= 11 is 0. The molecule has 2 saturated heterocycles. The van der Waals surface area contributed by atoms with Crippen molar-refractivity contribution < 1.29 is 27.6 Å². The lowest BCUT2D eigenvalue weighted by Crippen LogP contribution is -3.15. The molecule has 3 rings (SSSR count). The van der Waals surface area contributed by atoms with Crippen LogP contribution in [0.5, 0.6) is 5.75 Å². The smallest absolute Gasteiger partial charge is 0.279 e. The Labute approximate surface area is 166 Å². The van der Waals surface area contributed by atoms with E-state index >= 15 is 0 Å². The molecule has 0 radical (unpaired) electrons. The Morgan fingerprint density at radius 2 is 1.86 bits per heavy atom. The van der Waals surface area contributed by atoms with Crippen LogP contribution in [0.3, 0.4) is 0 Å². The summed E-state index contributed by atoms with van der Waals surface area (Å²) in [4.78, 5) is 13.8. The predicted molar refractivity (Wildman–Crippen MR) is 105 cm³/mol. The van der Waals surface area contributed by atoms with Gasteiger partial charge in [-0.1, -0.05) is 12.8 Å². The van der Waals surface area contributed by atoms with Gasteiger partial charge in [0.1, 0.15) is 18.8 Å². The molecule has 1 amide bonds. The molecule has 8 nitrogen and oxygen atoms in total. The zero-order chi connectivity index (χ0) is 20.0. The molecule has 0 atom stereocenters. The summed E-state index contributed by atoms with van der Waals surface area (Å²) in [5.41, 5.74) is 0.385.